The molecule has 0 spiro atoms. The molecule has 322 valence electrons. The van der Waals surface area contributed by atoms with Crippen molar-refractivity contribution in [2.45, 2.75) is 135 Å². The minimum Gasteiger partial charge on any atom is -0.486 e. The van der Waals surface area contributed by atoms with Gasteiger partial charge in [0.15, 0.2) is 11.5 Å². The molecular formula is C52H77N5O2. The Morgan fingerprint density at radius 2 is 1.12 bits per heavy atom. The van der Waals surface area contributed by atoms with Gasteiger partial charge in [0.2, 0.25) is 0 Å². The monoisotopic (exact) mass is 804 g/mol. The van der Waals surface area contributed by atoms with Gasteiger partial charge in [-0.25, -0.2) is 0 Å². The van der Waals surface area contributed by atoms with Crippen LogP contribution in [0.2, 0.25) is 0 Å². The lowest BCUT2D eigenvalue weighted by atomic mass is 10.00. The Balaban J connectivity index is 0.000000372. The maximum absolute atomic E-state index is 5.49. The van der Waals surface area contributed by atoms with E-state index in [0.717, 1.165) is 17.0 Å². The van der Waals surface area contributed by atoms with E-state index in [0.29, 0.717) is 37.0 Å². The van der Waals surface area contributed by atoms with Gasteiger partial charge in [0, 0.05) is 34.9 Å². The second kappa shape index (κ2) is 28.3. The van der Waals surface area contributed by atoms with Crippen molar-refractivity contribution in [1.82, 2.24) is 24.5 Å². The first-order chi connectivity index (χ1) is 28.5. The number of hydrogen-bond donors (Lipinski definition) is 0. The number of nitrogens with zero attached hydrogens (tertiary/aromatic N) is 5. The molecule has 0 radical (unpaired) electrons. The maximum Gasteiger partial charge on any atom is 0.161 e. The van der Waals surface area contributed by atoms with Crippen molar-refractivity contribution in [2.24, 2.45) is 7.05 Å². The molecule has 59 heavy (non-hydrogen) atoms. The number of benzene rings is 4. The topological polar surface area (TPSA) is 67.0 Å². The smallest absolute Gasteiger partial charge is 0.161 e. The van der Waals surface area contributed by atoms with Gasteiger partial charge in [-0.05, 0) is 79.1 Å². The van der Waals surface area contributed by atoms with Gasteiger partial charge in [-0.1, -0.05) is 158 Å². The van der Waals surface area contributed by atoms with Crippen molar-refractivity contribution in [2.75, 3.05) is 13.2 Å². The highest BCUT2D eigenvalue weighted by molar-refractivity contribution is 5.82. The average Bonchev–Trinajstić information content (AvgIpc) is 3.90. The summed E-state index contributed by atoms with van der Waals surface area (Å²) in [5, 5.41) is 12.3. The predicted octanol–water partition coefficient (Wildman–Crippen LogP) is 15.4. The second-order valence-corrected chi connectivity index (χ2v) is 14.1. The molecule has 0 bridgehead atoms. The number of fused-ring (bicyclic) bond motifs is 4. The Kier molecular flexibility index (Phi) is 24.9. The lowest BCUT2D eigenvalue weighted by Crippen LogP contribution is -2.15. The lowest BCUT2D eigenvalue weighted by molar-refractivity contribution is 0.171. The standard InChI is InChI=1S/C12H13N.C11H14N2.C11H14O2.C10H12N2.4C2H6/c1-9(2)11-8-7-10-5-3-4-6-12(10)13-11;1-8(2)9-5-4-6-11-10(9)7-12-13(11)3;1-8(2)9-3-4-10-11(7-9)13-6-5-12-10;1-8(2)12-10-6-4-3-5-9(10)7-11-12;4*1-2/h3-9H,1-2H3;4-8H,1-3H3;3-4,7-8H,5-6H2,1-2H3;3-8H,1-2H3;4*1-2H3. The fourth-order valence-electron chi connectivity index (χ4n) is 5.93. The first kappa shape index (κ1) is 51.8. The molecule has 7 heteroatoms. The van der Waals surface area contributed by atoms with Crippen molar-refractivity contribution >= 4 is 32.7 Å². The summed E-state index contributed by atoms with van der Waals surface area (Å²) in [4.78, 5) is 4.57. The quantitative estimate of drug-likeness (QED) is 0.177. The van der Waals surface area contributed by atoms with E-state index in [2.05, 4.69) is 137 Å². The molecule has 0 fully saturated rings. The molecule has 0 aliphatic carbocycles. The van der Waals surface area contributed by atoms with Crippen molar-refractivity contribution in [3.63, 3.8) is 0 Å². The van der Waals surface area contributed by atoms with Gasteiger partial charge in [-0.3, -0.25) is 14.3 Å². The molecule has 7 aromatic rings. The summed E-state index contributed by atoms with van der Waals surface area (Å²) in [5.74, 6) is 3.36. The van der Waals surface area contributed by atoms with Crippen LogP contribution in [0.15, 0.2) is 109 Å². The van der Waals surface area contributed by atoms with E-state index in [1.165, 1.54) is 44.0 Å². The van der Waals surface area contributed by atoms with Gasteiger partial charge < -0.3 is 9.47 Å². The van der Waals surface area contributed by atoms with Crippen LogP contribution < -0.4 is 9.47 Å². The summed E-state index contributed by atoms with van der Waals surface area (Å²) in [7, 11) is 1.98. The van der Waals surface area contributed by atoms with Crippen LogP contribution in [-0.4, -0.2) is 37.8 Å². The highest BCUT2D eigenvalue weighted by Crippen LogP contribution is 2.33. The van der Waals surface area contributed by atoms with Crippen molar-refractivity contribution < 1.29 is 9.47 Å². The molecule has 0 unspecified atom stereocenters. The summed E-state index contributed by atoms with van der Waals surface area (Å²) >= 11 is 0. The molecule has 4 aromatic carbocycles. The molecule has 3 aromatic heterocycles. The number of rotatable bonds is 4. The first-order valence-corrected chi connectivity index (χ1v) is 22.1. The molecule has 8 rings (SSSR count). The van der Waals surface area contributed by atoms with E-state index in [9.17, 15) is 0 Å². The Labute approximate surface area is 358 Å². The van der Waals surface area contributed by atoms with E-state index >= 15 is 0 Å². The number of hydrogen-bond acceptors (Lipinski definition) is 5. The maximum atomic E-state index is 5.49. The molecule has 1 aliphatic heterocycles. The van der Waals surface area contributed by atoms with Gasteiger partial charge >= 0.3 is 0 Å². The predicted molar refractivity (Wildman–Crippen MR) is 258 cm³/mol. The Morgan fingerprint density at radius 1 is 0.525 bits per heavy atom. The highest BCUT2D eigenvalue weighted by atomic mass is 16.6. The molecule has 4 heterocycles. The second-order valence-electron chi connectivity index (χ2n) is 14.1. The van der Waals surface area contributed by atoms with Crippen LogP contribution in [0.25, 0.3) is 32.7 Å². The lowest BCUT2D eigenvalue weighted by Gasteiger charge is -2.19. The van der Waals surface area contributed by atoms with Gasteiger partial charge in [-0.2, -0.15) is 10.2 Å². The average molecular weight is 804 g/mol. The first-order valence-electron chi connectivity index (χ1n) is 22.1. The molecular weight excluding hydrogens is 727 g/mol. The minimum absolute atomic E-state index is 0.435. The van der Waals surface area contributed by atoms with E-state index in [1.54, 1.807) is 0 Å². The SMILES string of the molecule is CC.CC.CC.CC.CC(C)c1ccc2c(c1)OCCO2.CC(C)c1ccc2ccccc2n1.CC(C)c1cccc2c1cnn2C.CC(C)n1ncc2ccccc21. The Hall–Kier alpha value is -5.17. The Morgan fingerprint density at radius 3 is 1.73 bits per heavy atom. The van der Waals surface area contributed by atoms with E-state index in [-0.39, 0.29) is 0 Å². The van der Waals surface area contributed by atoms with Crippen LogP contribution in [0, 0.1) is 0 Å². The molecule has 0 saturated carbocycles. The zero-order valence-corrected chi connectivity index (χ0v) is 39.7. The third-order valence-electron chi connectivity index (χ3n) is 8.89. The number of para-hydroxylation sites is 2. The summed E-state index contributed by atoms with van der Waals surface area (Å²) in [6.45, 7) is 34.7. The Bertz CT molecular complexity index is 2160. The van der Waals surface area contributed by atoms with Gasteiger partial charge in [0.05, 0.1) is 28.9 Å². The van der Waals surface area contributed by atoms with Crippen LogP contribution in [0.5, 0.6) is 11.5 Å². The minimum atomic E-state index is 0.435. The molecule has 7 nitrogen and oxygen atoms in total. The third-order valence-corrected chi connectivity index (χ3v) is 8.89. The molecule has 1 aliphatic rings. The third kappa shape index (κ3) is 15.5. The zero-order chi connectivity index (χ0) is 44.5. The van der Waals surface area contributed by atoms with Crippen LogP contribution >= 0.6 is 0 Å². The fraction of sp³-hybridized carbons (Fsp3) is 0.442. The summed E-state index contributed by atoms with van der Waals surface area (Å²) in [5.41, 5.74) is 7.36. The largest absolute Gasteiger partial charge is 0.486 e. The molecule has 0 N–H and O–H groups in total. The summed E-state index contributed by atoms with van der Waals surface area (Å²) in [6.07, 6.45) is 3.86. The van der Waals surface area contributed by atoms with Gasteiger partial charge in [-0.15, -0.1) is 0 Å². The number of ether oxygens (including phenoxy) is 2. The normalized spacial score (nSPS) is 10.9. The van der Waals surface area contributed by atoms with Crippen molar-refractivity contribution in [3.05, 3.63) is 126 Å². The van der Waals surface area contributed by atoms with Crippen LogP contribution in [0.3, 0.4) is 0 Å². The molecule has 0 atom stereocenters. The van der Waals surface area contributed by atoms with Crippen molar-refractivity contribution in [1.29, 1.82) is 0 Å². The van der Waals surface area contributed by atoms with Crippen LogP contribution in [0.1, 0.15) is 151 Å². The van der Waals surface area contributed by atoms with E-state index in [4.69, 9.17) is 9.47 Å². The van der Waals surface area contributed by atoms with Gasteiger partial charge in [0.1, 0.15) is 13.2 Å². The molecule has 0 saturated heterocycles. The van der Waals surface area contributed by atoms with Crippen molar-refractivity contribution in [3.8, 4) is 11.5 Å². The number of aryl methyl sites for hydroxylation is 1. The molecule has 0 amide bonds. The zero-order valence-electron chi connectivity index (χ0n) is 39.7. The van der Waals surface area contributed by atoms with E-state index in [1.807, 2.05) is 115 Å². The number of aromatic nitrogens is 5. The van der Waals surface area contributed by atoms with E-state index < -0.39 is 0 Å². The summed E-state index contributed by atoms with van der Waals surface area (Å²) < 4.78 is 14.9. The van der Waals surface area contributed by atoms with Gasteiger partial charge in [0.25, 0.3) is 0 Å². The van der Waals surface area contributed by atoms with Crippen LogP contribution in [-0.2, 0) is 7.05 Å². The summed E-state index contributed by atoms with van der Waals surface area (Å²) in [6, 6.07) is 33.7. The number of pyridine rings is 1. The fourth-order valence-corrected chi connectivity index (χ4v) is 5.93. The highest BCUT2D eigenvalue weighted by Gasteiger charge is 2.12. The van der Waals surface area contributed by atoms with Crippen LogP contribution in [0.4, 0.5) is 0 Å².